The Balaban J connectivity index is 0.00000324. The predicted octanol–water partition coefficient (Wildman–Crippen LogP) is 2.42. The van der Waals surface area contributed by atoms with E-state index < -0.39 is 0 Å². The monoisotopic (exact) mass is 289 g/mol. The standard InChI is InChI=1S/C13H23N3O2.ClH/c1-5-10(6-2)11-7-12(18-15-11)13(17)16(4)9(3)8-14;/h7,9-10H,5-6,8,14H2,1-4H3;1H. The highest BCUT2D eigenvalue weighted by atomic mass is 35.5. The summed E-state index contributed by atoms with van der Waals surface area (Å²) in [7, 11) is 1.72. The largest absolute Gasteiger partial charge is 0.351 e. The fourth-order valence-electron chi connectivity index (χ4n) is 1.82. The van der Waals surface area contributed by atoms with Crippen molar-refractivity contribution in [3.05, 3.63) is 17.5 Å². The highest BCUT2D eigenvalue weighted by Gasteiger charge is 2.22. The van der Waals surface area contributed by atoms with Crippen LogP contribution in [-0.2, 0) is 0 Å². The number of amides is 1. The molecule has 0 fully saturated rings. The second kappa shape index (κ2) is 8.17. The third-order valence-electron chi connectivity index (χ3n) is 3.47. The topological polar surface area (TPSA) is 72.4 Å². The van der Waals surface area contributed by atoms with Gasteiger partial charge in [0.1, 0.15) is 0 Å². The Kier molecular flexibility index (Phi) is 7.71. The van der Waals surface area contributed by atoms with Gasteiger partial charge in [-0.1, -0.05) is 19.0 Å². The minimum atomic E-state index is -0.169. The first-order valence-corrected chi connectivity index (χ1v) is 6.48. The summed E-state index contributed by atoms with van der Waals surface area (Å²) in [5.41, 5.74) is 6.40. The lowest BCUT2D eigenvalue weighted by atomic mass is 9.99. The highest BCUT2D eigenvalue weighted by Crippen LogP contribution is 2.22. The fourth-order valence-corrected chi connectivity index (χ4v) is 1.82. The maximum Gasteiger partial charge on any atom is 0.292 e. The van der Waals surface area contributed by atoms with E-state index in [9.17, 15) is 4.79 Å². The van der Waals surface area contributed by atoms with Crippen LogP contribution in [-0.4, -0.2) is 35.6 Å². The molecule has 0 aliphatic rings. The lowest BCUT2D eigenvalue weighted by molar-refractivity contribution is 0.0706. The normalized spacial score (nSPS) is 12.1. The molecule has 1 aromatic heterocycles. The minimum Gasteiger partial charge on any atom is -0.351 e. The maximum atomic E-state index is 12.1. The summed E-state index contributed by atoms with van der Waals surface area (Å²) in [4.78, 5) is 13.7. The number of likely N-dealkylation sites (N-methyl/N-ethyl adjacent to an activating group) is 1. The smallest absolute Gasteiger partial charge is 0.292 e. The first-order valence-electron chi connectivity index (χ1n) is 6.48. The lowest BCUT2D eigenvalue weighted by Crippen LogP contribution is -2.39. The Morgan fingerprint density at radius 1 is 1.47 bits per heavy atom. The number of aromatic nitrogens is 1. The predicted molar refractivity (Wildman–Crippen MR) is 77.7 cm³/mol. The molecule has 2 N–H and O–H groups in total. The third-order valence-corrected chi connectivity index (χ3v) is 3.47. The molecule has 110 valence electrons. The van der Waals surface area contributed by atoms with Crippen molar-refractivity contribution in [2.24, 2.45) is 5.73 Å². The fraction of sp³-hybridized carbons (Fsp3) is 0.692. The summed E-state index contributed by atoms with van der Waals surface area (Å²) in [5.74, 6) is 0.477. The minimum absolute atomic E-state index is 0. The van der Waals surface area contributed by atoms with Crippen molar-refractivity contribution in [1.29, 1.82) is 0 Å². The van der Waals surface area contributed by atoms with Crippen molar-refractivity contribution in [1.82, 2.24) is 10.1 Å². The van der Waals surface area contributed by atoms with Gasteiger partial charge >= 0.3 is 0 Å². The van der Waals surface area contributed by atoms with Crippen molar-refractivity contribution < 1.29 is 9.32 Å². The van der Waals surface area contributed by atoms with Crippen LogP contribution in [0.5, 0.6) is 0 Å². The van der Waals surface area contributed by atoms with E-state index in [4.69, 9.17) is 10.3 Å². The Morgan fingerprint density at radius 2 is 2.05 bits per heavy atom. The number of hydrogen-bond acceptors (Lipinski definition) is 4. The molecule has 0 spiro atoms. The number of rotatable bonds is 6. The van der Waals surface area contributed by atoms with Crippen molar-refractivity contribution in [2.45, 2.75) is 45.6 Å². The van der Waals surface area contributed by atoms with E-state index in [0.29, 0.717) is 18.2 Å². The zero-order chi connectivity index (χ0) is 13.7. The van der Waals surface area contributed by atoms with E-state index in [1.165, 1.54) is 0 Å². The highest BCUT2D eigenvalue weighted by molar-refractivity contribution is 5.91. The Morgan fingerprint density at radius 3 is 2.53 bits per heavy atom. The molecule has 19 heavy (non-hydrogen) atoms. The SMILES string of the molecule is CCC(CC)c1cc(C(=O)N(C)C(C)CN)on1.Cl. The second-order valence-corrected chi connectivity index (χ2v) is 4.63. The summed E-state index contributed by atoms with van der Waals surface area (Å²) in [6, 6.07) is 1.74. The summed E-state index contributed by atoms with van der Waals surface area (Å²) < 4.78 is 5.14. The number of carbonyl (C=O) groups excluding carboxylic acids is 1. The van der Waals surface area contributed by atoms with Crippen LogP contribution in [0.3, 0.4) is 0 Å². The number of nitrogens with zero attached hydrogens (tertiary/aromatic N) is 2. The van der Waals surface area contributed by atoms with Gasteiger partial charge in [0.15, 0.2) is 0 Å². The van der Waals surface area contributed by atoms with Crippen molar-refractivity contribution >= 4 is 18.3 Å². The Labute approximate surface area is 120 Å². The first kappa shape index (κ1) is 17.9. The van der Waals surface area contributed by atoms with E-state index in [0.717, 1.165) is 18.5 Å². The van der Waals surface area contributed by atoms with Crippen molar-refractivity contribution in [2.75, 3.05) is 13.6 Å². The van der Waals surface area contributed by atoms with Crippen LogP contribution in [0.4, 0.5) is 0 Å². The van der Waals surface area contributed by atoms with E-state index in [-0.39, 0.29) is 24.4 Å². The molecule has 1 amide bonds. The zero-order valence-electron chi connectivity index (χ0n) is 12.0. The number of nitrogens with two attached hydrogens (primary N) is 1. The van der Waals surface area contributed by atoms with E-state index in [1.807, 2.05) is 6.92 Å². The average Bonchev–Trinajstić information content (AvgIpc) is 2.87. The molecule has 1 unspecified atom stereocenters. The molecule has 1 aromatic rings. The van der Waals surface area contributed by atoms with Gasteiger partial charge in [-0.2, -0.15) is 0 Å². The van der Waals surface area contributed by atoms with Crippen LogP contribution in [0.1, 0.15) is 55.8 Å². The maximum absolute atomic E-state index is 12.1. The molecular weight excluding hydrogens is 266 g/mol. The molecule has 0 aliphatic carbocycles. The summed E-state index contributed by atoms with van der Waals surface area (Å²) in [5, 5.41) is 3.99. The lowest BCUT2D eigenvalue weighted by Gasteiger charge is -2.21. The quantitative estimate of drug-likeness (QED) is 0.873. The molecule has 0 saturated carbocycles. The molecule has 6 heteroatoms. The summed E-state index contributed by atoms with van der Waals surface area (Å²) in [6.45, 7) is 6.53. The molecular formula is C13H24ClN3O2. The summed E-state index contributed by atoms with van der Waals surface area (Å²) >= 11 is 0. The van der Waals surface area contributed by atoms with Crippen LogP contribution in [0.25, 0.3) is 0 Å². The Hall–Kier alpha value is -1.07. The van der Waals surface area contributed by atoms with E-state index in [1.54, 1.807) is 18.0 Å². The Bertz CT molecular complexity index is 391. The zero-order valence-corrected chi connectivity index (χ0v) is 12.9. The molecule has 1 heterocycles. The number of hydrogen-bond donors (Lipinski definition) is 1. The van der Waals surface area contributed by atoms with Gasteiger partial charge in [-0.3, -0.25) is 4.79 Å². The van der Waals surface area contributed by atoms with Crippen LogP contribution in [0.15, 0.2) is 10.6 Å². The van der Waals surface area contributed by atoms with Crippen LogP contribution in [0, 0.1) is 0 Å². The van der Waals surface area contributed by atoms with Gasteiger partial charge in [0.2, 0.25) is 5.76 Å². The van der Waals surface area contributed by atoms with Gasteiger partial charge in [-0.05, 0) is 19.8 Å². The molecule has 1 atom stereocenters. The van der Waals surface area contributed by atoms with Gasteiger partial charge in [0, 0.05) is 31.6 Å². The number of carbonyl (C=O) groups is 1. The van der Waals surface area contributed by atoms with Gasteiger partial charge in [-0.25, -0.2) is 0 Å². The molecule has 0 radical (unpaired) electrons. The molecule has 0 aromatic carbocycles. The van der Waals surface area contributed by atoms with Gasteiger partial charge < -0.3 is 15.2 Å². The van der Waals surface area contributed by atoms with Gasteiger partial charge in [-0.15, -0.1) is 12.4 Å². The molecule has 1 rings (SSSR count). The van der Waals surface area contributed by atoms with Crippen LogP contribution < -0.4 is 5.73 Å². The van der Waals surface area contributed by atoms with Crippen LogP contribution in [0.2, 0.25) is 0 Å². The van der Waals surface area contributed by atoms with E-state index in [2.05, 4.69) is 19.0 Å². The van der Waals surface area contributed by atoms with Crippen LogP contribution >= 0.6 is 12.4 Å². The molecule has 0 bridgehead atoms. The molecule has 0 saturated heterocycles. The molecule has 5 nitrogen and oxygen atoms in total. The first-order chi connectivity index (χ1) is 8.54. The van der Waals surface area contributed by atoms with Crippen molar-refractivity contribution in [3.63, 3.8) is 0 Å². The second-order valence-electron chi connectivity index (χ2n) is 4.63. The molecule has 0 aliphatic heterocycles. The van der Waals surface area contributed by atoms with Gasteiger partial charge in [0.05, 0.1) is 5.69 Å². The van der Waals surface area contributed by atoms with Crippen molar-refractivity contribution in [3.8, 4) is 0 Å². The summed E-state index contributed by atoms with van der Waals surface area (Å²) in [6.07, 6.45) is 1.98. The average molecular weight is 290 g/mol. The number of halogens is 1. The third kappa shape index (κ3) is 4.21. The van der Waals surface area contributed by atoms with Gasteiger partial charge in [0.25, 0.3) is 5.91 Å². The van der Waals surface area contributed by atoms with E-state index >= 15 is 0 Å².